The molecule has 1 aromatic carbocycles. The van der Waals surface area contributed by atoms with Crippen molar-refractivity contribution >= 4 is 23.0 Å². The summed E-state index contributed by atoms with van der Waals surface area (Å²) in [6, 6.07) is 12.4. The molecule has 5 nitrogen and oxygen atoms in total. The van der Waals surface area contributed by atoms with Gasteiger partial charge in [0.25, 0.3) is 0 Å². The number of methoxy groups -OCH3 is 1. The van der Waals surface area contributed by atoms with Gasteiger partial charge >= 0.3 is 0 Å². The van der Waals surface area contributed by atoms with E-state index in [4.69, 9.17) is 14.5 Å². The molecule has 2 fully saturated rings. The number of nitrogens with zero attached hydrogens (tertiary/aromatic N) is 2. The summed E-state index contributed by atoms with van der Waals surface area (Å²) in [5.74, 6) is 1.29. The fraction of sp³-hybridized carbons (Fsp3) is 0.481. The summed E-state index contributed by atoms with van der Waals surface area (Å²) >= 11 is 1.68. The van der Waals surface area contributed by atoms with Crippen molar-refractivity contribution in [2.45, 2.75) is 63.9 Å². The minimum Gasteiger partial charge on any atom is -0.497 e. The molecule has 0 radical (unpaired) electrons. The predicted molar refractivity (Wildman–Crippen MR) is 132 cm³/mol. The first-order chi connectivity index (χ1) is 16.0. The lowest BCUT2D eigenvalue weighted by Gasteiger charge is -2.39. The van der Waals surface area contributed by atoms with E-state index >= 15 is 0 Å². The van der Waals surface area contributed by atoms with Crippen LogP contribution in [-0.2, 0) is 16.1 Å². The number of fused-ring (bicyclic) bond motifs is 1. The van der Waals surface area contributed by atoms with Gasteiger partial charge < -0.3 is 14.4 Å². The number of amides is 1. The third-order valence-electron chi connectivity index (χ3n) is 7.93. The van der Waals surface area contributed by atoms with Crippen molar-refractivity contribution in [2.24, 2.45) is 16.3 Å². The molecule has 1 saturated carbocycles. The number of aliphatic imine (C=N–C) groups is 1. The summed E-state index contributed by atoms with van der Waals surface area (Å²) in [6.07, 6.45) is 4.56. The zero-order valence-corrected chi connectivity index (χ0v) is 20.4. The molecular weight excluding hydrogens is 432 g/mol. The predicted octanol–water partition coefficient (Wildman–Crippen LogP) is 5.78. The lowest BCUT2D eigenvalue weighted by atomic mass is 9.66. The second-order valence-electron chi connectivity index (χ2n) is 9.51. The first-order valence-corrected chi connectivity index (χ1v) is 12.7. The van der Waals surface area contributed by atoms with Gasteiger partial charge in [-0.3, -0.25) is 9.79 Å². The molecule has 0 unspecified atom stereocenters. The summed E-state index contributed by atoms with van der Waals surface area (Å²) in [5, 5.41) is 2.06. The van der Waals surface area contributed by atoms with Gasteiger partial charge in [-0.05, 0) is 60.2 Å². The van der Waals surface area contributed by atoms with E-state index < -0.39 is 11.1 Å². The van der Waals surface area contributed by atoms with Crippen molar-refractivity contribution in [1.29, 1.82) is 0 Å². The molecule has 174 valence electrons. The number of carbonyl (C=O) groups is 1. The van der Waals surface area contributed by atoms with Gasteiger partial charge in [-0.15, -0.1) is 17.9 Å². The smallest absolute Gasteiger partial charge is 0.232 e. The van der Waals surface area contributed by atoms with Gasteiger partial charge in [0.15, 0.2) is 12.0 Å². The Hall–Kier alpha value is -2.44. The standard InChI is InChI=1S/C27H32N2O3S/c1-5-13-26-17-27(29(25(26)30)16-21-8-7-14-33-21)23(28-24(6-2)32-27)15-22(18(26)3)19-9-11-20(31-4)12-10-19/h5,7-12,14,18,22,24H,1,6,13,15-17H2,2-4H3/t18-,22+,24-,26+,27+/m1/s1. The summed E-state index contributed by atoms with van der Waals surface area (Å²) in [4.78, 5) is 22.6. The molecule has 6 heteroatoms. The second-order valence-corrected chi connectivity index (χ2v) is 10.5. The van der Waals surface area contributed by atoms with E-state index in [1.807, 2.05) is 29.2 Å². The topological polar surface area (TPSA) is 51.1 Å². The average molecular weight is 465 g/mol. The highest BCUT2D eigenvalue weighted by molar-refractivity contribution is 7.09. The number of likely N-dealkylation sites (tertiary alicyclic amines) is 1. The fourth-order valence-corrected chi connectivity index (χ4v) is 6.81. The molecule has 3 heterocycles. The van der Waals surface area contributed by atoms with Gasteiger partial charge in [0.05, 0.1) is 24.8 Å². The highest BCUT2D eigenvalue weighted by Gasteiger charge is 2.68. The van der Waals surface area contributed by atoms with Crippen molar-refractivity contribution in [3.63, 3.8) is 0 Å². The summed E-state index contributed by atoms with van der Waals surface area (Å²) in [5.41, 5.74) is 0.911. The van der Waals surface area contributed by atoms with Crippen LogP contribution in [0.4, 0.5) is 0 Å². The quantitative estimate of drug-likeness (QED) is 0.488. The first-order valence-electron chi connectivity index (χ1n) is 11.8. The number of hydrogen-bond donors (Lipinski definition) is 0. The van der Waals surface area contributed by atoms with E-state index in [9.17, 15) is 4.79 Å². The highest BCUT2D eigenvalue weighted by atomic mass is 32.1. The maximum Gasteiger partial charge on any atom is 0.232 e. The van der Waals surface area contributed by atoms with Crippen molar-refractivity contribution < 1.29 is 14.3 Å². The Kier molecular flexibility index (Phi) is 5.69. The molecule has 5 atom stereocenters. The van der Waals surface area contributed by atoms with Crippen LogP contribution >= 0.6 is 11.3 Å². The number of thiophene rings is 1. The van der Waals surface area contributed by atoms with Crippen molar-refractivity contribution in [3.05, 3.63) is 64.9 Å². The van der Waals surface area contributed by atoms with E-state index in [2.05, 4.69) is 44.0 Å². The van der Waals surface area contributed by atoms with Crippen LogP contribution in [0.5, 0.6) is 5.75 Å². The summed E-state index contributed by atoms with van der Waals surface area (Å²) in [7, 11) is 1.68. The zero-order chi connectivity index (χ0) is 23.2. The van der Waals surface area contributed by atoms with Gasteiger partial charge in [0.1, 0.15) is 5.75 Å². The molecular formula is C27H32N2O3S. The molecule has 2 bridgehead atoms. The molecule has 1 aliphatic carbocycles. The average Bonchev–Trinajstić information content (AvgIpc) is 3.51. The number of rotatable bonds is 7. The lowest BCUT2D eigenvalue weighted by Crippen LogP contribution is -2.52. The number of ether oxygens (including phenoxy) is 2. The lowest BCUT2D eigenvalue weighted by molar-refractivity contribution is -0.152. The van der Waals surface area contributed by atoms with E-state index in [-0.39, 0.29) is 24.0 Å². The minimum atomic E-state index is -0.764. The molecule has 0 N–H and O–H groups in total. The van der Waals surface area contributed by atoms with Crippen LogP contribution in [0.2, 0.25) is 0 Å². The second kappa shape index (κ2) is 8.41. The molecule has 1 amide bonds. The minimum absolute atomic E-state index is 0.110. The van der Waals surface area contributed by atoms with Crippen LogP contribution in [0.25, 0.3) is 0 Å². The Morgan fingerprint density at radius 2 is 2.12 bits per heavy atom. The highest BCUT2D eigenvalue weighted by Crippen LogP contribution is 2.60. The monoisotopic (exact) mass is 464 g/mol. The van der Waals surface area contributed by atoms with Crippen molar-refractivity contribution in [3.8, 4) is 5.75 Å². The van der Waals surface area contributed by atoms with Gasteiger partial charge in [-0.2, -0.15) is 0 Å². The van der Waals surface area contributed by atoms with Crippen LogP contribution in [-0.4, -0.2) is 35.6 Å². The van der Waals surface area contributed by atoms with E-state index in [0.29, 0.717) is 19.4 Å². The molecule has 2 aromatic rings. The number of carbonyl (C=O) groups excluding carboxylic acids is 1. The summed E-state index contributed by atoms with van der Waals surface area (Å²) in [6.45, 7) is 8.93. The molecule has 3 aliphatic rings. The third kappa shape index (κ3) is 3.38. The maximum atomic E-state index is 14.3. The summed E-state index contributed by atoms with van der Waals surface area (Å²) < 4.78 is 12.1. The SMILES string of the molecule is C=CC[C@]12C[C@@]3(O[C@H](CC)N=C3C[C@H](c3ccc(OC)cc3)[C@H]1C)N(Cc1cccs1)C2=O. The Bertz CT molecular complexity index is 1060. The van der Waals surface area contributed by atoms with Crippen LogP contribution in [0.3, 0.4) is 0 Å². The number of hydrogen-bond acceptors (Lipinski definition) is 5. The normalized spacial score (nSPS) is 32.9. The molecule has 1 spiro atoms. The van der Waals surface area contributed by atoms with E-state index in [1.54, 1.807) is 18.4 Å². The van der Waals surface area contributed by atoms with Crippen LogP contribution in [0, 0.1) is 11.3 Å². The molecule has 1 saturated heterocycles. The van der Waals surface area contributed by atoms with E-state index in [1.165, 1.54) is 10.4 Å². The van der Waals surface area contributed by atoms with Crippen LogP contribution in [0.1, 0.15) is 55.9 Å². The van der Waals surface area contributed by atoms with Crippen LogP contribution < -0.4 is 4.74 Å². The Balaban J connectivity index is 1.63. The number of benzene rings is 1. The first kappa shape index (κ1) is 22.4. The van der Waals surface area contributed by atoms with Crippen molar-refractivity contribution in [1.82, 2.24) is 4.90 Å². The van der Waals surface area contributed by atoms with Gasteiger partial charge in [0.2, 0.25) is 5.91 Å². The number of allylic oxidation sites excluding steroid dienone is 1. The Morgan fingerprint density at radius 1 is 1.33 bits per heavy atom. The van der Waals surface area contributed by atoms with Gasteiger partial charge in [-0.25, -0.2) is 0 Å². The zero-order valence-electron chi connectivity index (χ0n) is 19.6. The van der Waals surface area contributed by atoms with Gasteiger partial charge in [0, 0.05) is 11.3 Å². The molecule has 1 aromatic heterocycles. The van der Waals surface area contributed by atoms with Crippen molar-refractivity contribution in [2.75, 3.05) is 7.11 Å². The molecule has 2 aliphatic heterocycles. The Labute approximate surface area is 200 Å². The molecule has 33 heavy (non-hydrogen) atoms. The van der Waals surface area contributed by atoms with E-state index in [0.717, 1.165) is 24.3 Å². The molecule has 5 rings (SSSR count). The largest absolute Gasteiger partial charge is 0.497 e. The third-order valence-corrected chi connectivity index (χ3v) is 8.79. The van der Waals surface area contributed by atoms with Gasteiger partial charge in [-0.1, -0.05) is 38.1 Å². The maximum absolute atomic E-state index is 14.3. The Morgan fingerprint density at radius 3 is 2.76 bits per heavy atom. The fourth-order valence-electron chi connectivity index (χ4n) is 6.12. The van der Waals surface area contributed by atoms with Crippen LogP contribution in [0.15, 0.2) is 59.4 Å².